The predicted molar refractivity (Wildman–Crippen MR) is 109 cm³/mol. The minimum absolute atomic E-state index is 0. The zero-order chi connectivity index (χ0) is 18.1. The number of carboxylic acid groups (broad SMARTS) is 1. The van der Waals surface area contributed by atoms with Gasteiger partial charge in [0.2, 0.25) is 0 Å². The van der Waals surface area contributed by atoms with Crippen LogP contribution in [0.25, 0.3) is 6.08 Å². The van der Waals surface area contributed by atoms with Crippen molar-refractivity contribution in [3.8, 4) is 0 Å². The molecule has 0 heterocycles. The summed E-state index contributed by atoms with van der Waals surface area (Å²) in [6.07, 6.45) is 9.87. The first-order valence-electron chi connectivity index (χ1n) is 9.27. The van der Waals surface area contributed by atoms with Gasteiger partial charge in [-0.05, 0) is 63.2 Å². The zero-order valence-corrected chi connectivity index (χ0v) is 16.7. The molecule has 1 aromatic rings. The Kier molecular flexibility index (Phi) is 10.6. The lowest BCUT2D eigenvalue weighted by molar-refractivity contribution is -0.138. The van der Waals surface area contributed by atoms with E-state index in [2.05, 4.69) is 55.4 Å². The van der Waals surface area contributed by atoms with Gasteiger partial charge < -0.3 is 14.7 Å². The van der Waals surface area contributed by atoms with Crippen molar-refractivity contribution in [1.29, 1.82) is 0 Å². The van der Waals surface area contributed by atoms with Gasteiger partial charge in [-0.15, -0.1) is 12.4 Å². The van der Waals surface area contributed by atoms with Gasteiger partial charge in [0, 0.05) is 13.0 Å². The van der Waals surface area contributed by atoms with E-state index in [9.17, 15) is 4.79 Å². The highest BCUT2D eigenvalue weighted by Crippen LogP contribution is 2.29. The summed E-state index contributed by atoms with van der Waals surface area (Å²) in [6.45, 7) is 1.68. The molecule has 0 aromatic heterocycles. The van der Waals surface area contributed by atoms with E-state index in [1.807, 2.05) is 0 Å². The molecule has 146 valence electrons. The van der Waals surface area contributed by atoms with Gasteiger partial charge in [0.1, 0.15) is 0 Å². The molecule has 1 N–H and O–H groups in total. The van der Waals surface area contributed by atoms with Crippen LogP contribution in [0.4, 0.5) is 0 Å². The van der Waals surface area contributed by atoms with Gasteiger partial charge in [-0.1, -0.05) is 36.4 Å². The van der Waals surface area contributed by atoms with E-state index in [0.29, 0.717) is 18.9 Å². The van der Waals surface area contributed by atoms with Gasteiger partial charge in [-0.2, -0.15) is 0 Å². The van der Waals surface area contributed by atoms with Crippen LogP contribution in [0, 0.1) is 5.92 Å². The van der Waals surface area contributed by atoms with Crippen molar-refractivity contribution in [2.24, 2.45) is 5.92 Å². The van der Waals surface area contributed by atoms with Gasteiger partial charge in [-0.3, -0.25) is 4.79 Å². The minimum Gasteiger partial charge on any atom is -0.481 e. The van der Waals surface area contributed by atoms with E-state index in [-0.39, 0.29) is 18.5 Å². The molecule has 0 saturated heterocycles. The fourth-order valence-electron chi connectivity index (χ4n) is 3.33. The lowest BCUT2D eigenvalue weighted by Gasteiger charge is -2.27. The van der Waals surface area contributed by atoms with Crippen molar-refractivity contribution < 1.29 is 14.6 Å². The molecule has 2 rings (SSSR count). The van der Waals surface area contributed by atoms with Crippen LogP contribution in [0.5, 0.6) is 0 Å². The molecule has 0 aliphatic heterocycles. The lowest BCUT2D eigenvalue weighted by Crippen LogP contribution is -2.23. The molecule has 0 bridgehead atoms. The van der Waals surface area contributed by atoms with Gasteiger partial charge >= 0.3 is 5.97 Å². The average molecular weight is 382 g/mol. The van der Waals surface area contributed by atoms with E-state index in [4.69, 9.17) is 9.84 Å². The maximum atomic E-state index is 10.8. The number of rotatable bonds is 9. The predicted octanol–water partition coefficient (Wildman–Crippen LogP) is 4.62. The normalized spacial score (nSPS) is 20.3. The third-order valence-corrected chi connectivity index (χ3v) is 4.83. The number of halogens is 1. The molecule has 4 nitrogen and oxygen atoms in total. The van der Waals surface area contributed by atoms with Crippen molar-refractivity contribution in [3.05, 3.63) is 41.5 Å². The molecule has 1 aromatic carbocycles. The van der Waals surface area contributed by atoms with Crippen LogP contribution < -0.4 is 0 Å². The number of carboxylic acids is 1. The van der Waals surface area contributed by atoms with Crippen molar-refractivity contribution in [1.82, 2.24) is 4.90 Å². The average Bonchev–Trinajstić information content (AvgIpc) is 2.58. The van der Waals surface area contributed by atoms with Crippen LogP contribution in [0.2, 0.25) is 0 Å². The van der Waals surface area contributed by atoms with E-state index < -0.39 is 5.97 Å². The summed E-state index contributed by atoms with van der Waals surface area (Å²) in [5.41, 5.74) is 2.44. The van der Waals surface area contributed by atoms with E-state index in [0.717, 1.165) is 38.6 Å². The standard InChI is InChI=1S/C21H31NO3.ClH/c1-22(2)14-6-5-8-18-7-3-4-9-19(18)16-25-20-12-10-17(11-13-20)15-21(23)24;/h3-5,7-9,17,20H,6,10-16H2,1-2H3,(H,23,24);1H/b8-5+;. The summed E-state index contributed by atoms with van der Waals surface area (Å²) in [4.78, 5) is 13.0. The highest BCUT2D eigenvalue weighted by Gasteiger charge is 2.23. The smallest absolute Gasteiger partial charge is 0.303 e. The van der Waals surface area contributed by atoms with Crippen LogP contribution in [0.3, 0.4) is 0 Å². The highest BCUT2D eigenvalue weighted by molar-refractivity contribution is 5.85. The van der Waals surface area contributed by atoms with Crippen molar-refractivity contribution in [2.45, 2.75) is 51.2 Å². The fourth-order valence-corrected chi connectivity index (χ4v) is 3.33. The zero-order valence-electron chi connectivity index (χ0n) is 15.9. The van der Waals surface area contributed by atoms with Crippen LogP contribution in [0.15, 0.2) is 30.3 Å². The Labute approximate surface area is 163 Å². The van der Waals surface area contributed by atoms with Crippen molar-refractivity contribution >= 4 is 24.5 Å². The summed E-state index contributed by atoms with van der Waals surface area (Å²) in [5, 5.41) is 8.89. The molecule has 5 heteroatoms. The molecule has 1 aliphatic carbocycles. The second-order valence-electron chi connectivity index (χ2n) is 7.24. The highest BCUT2D eigenvalue weighted by atomic mass is 35.5. The van der Waals surface area contributed by atoms with Gasteiger partial charge in [-0.25, -0.2) is 0 Å². The molecular weight excluding hydrogens is 350 g/mol. The van der Waals surface area contributed by atoms with E-state index >= 15 is 0 Å². The summed E-state index contributed by atoms with van der Waals surface area (Å²) in [6, 6.07) is 8.38. The molecule has 0 amide bonds. The molecular formula is C21H32ClNO3. The van der Waals surface area contributed by atoms with Crippen LogP contribution in [-0.4, -0.2) is 42.7 Å². The van der Waals surface area contributed by atoms with Gasteiger partial charge in [0.15, 0.2) is 0 Å². The number of nitrogens with zero attached hydrogens (tertiary/aromatic N) is 1. The first-order valence-corrected chi connectivity index (χ1v) is 9.27. The minimum atomic E-state index is -0.681. The first kappa shape index (κ1) is 22.7. The number of carbonyl (C=O) groups is 1. The second-order valence-corrected chi connectivity index (χ2v) is 7.24. The number of hydrogen-bond acceptors (Lipinski definition) is 3. The molecule has 1 saturated carbocycles. The number of aliphatic carboxylic acids is 1. The Bertz CT molecular complexity index is 566. The Balaban J connectivity index is 0.00000338. The summed E-state index contributed by atoms with van der Waals surface area (Å²) in [7, 11) is 4.17. The van der Waals surface area contributed by atoms with Crippen LogP contribution >= 0.6 is 12.4 Å². The molecule has 1 aliphatic rings. The lowest BCUT2D eigenvalue weighted by atomic mass is 9.85. The Morgan fingerprint density at radius 2 is 1.92 bits per heavy atom. The summed E-state index contributed by atoms with van der Waals surface area (Å²) in [5.74, 6) is -0.358. The number of benzene rings is 1. The Morgan fingerprint density at radius 3 is 2.58 bits per heavy atom. The molecule has 1 fully saturated rings. The fraction of sp³-hybridized carbons (Fsp3) is 0.571. The summed E-state index contributed by atoms with van der Waals surface area (Å²) < 4.78 is 6.12. The van der Waals surface area contributed by atoms with Crippen LogP contribution in [0.1, 0.15) is 49.7 Å². The topological polar surface area (TPSA) is 49.8 Å². The molecule has 0 radical (unpaired) electrons. The number of ether oxygens (including phenoxy) is 1. The largest absolute Gasteiger partial charge is 0.481 e. The first-order chi connectivity index (χ1) is 12.0. The molecule has 0 atom stereocenters. The van der Waals surface area contributed by atoms with E-state index in [1.54, 1.807) is 0 Å². The van der Waals surface area contributed by atoms with Crippen molar-refractivity contribution in [3.63, 3.8) is 0 Å². The monoisotopic (exact) mass is 381 g/mol. The number of hydrogen-bond donors (Lipinski definition) is 1. The van der Waals surface area contributed by atoms with Gasteiger partial charge in [0.25, 0.3) is 0 Å². The van der Waals surface area contributed by atoms with Gasteiger partial charge in [0.05, 0.1) is 12.7 Å². The van der Waals surface area contributed by atoms with E-state index in [1.165, 1.54) is 11.1 Å². The second kappa shape index (κ2) is 12.1. The maximum Gasteiger partial charge on any atom is 0.303 e. The molecule has 0 unspecified atom stereocenters. The van der Waals surface area contributed by atoms with Crippen molar-refractivity contribution in [2.75, 3.05) is 20.6 Å². The third kappa shape index (κ3) is 8.35. The third-order valence-electron chi connectivity index (χ3n) is 4.83. The quantitative estimate of drug-likeness (QED) is 0.677. The Morgan fingerprint density at radius 1 is 1.23 bits per heavy atom. The summed E-state index contributed by atoms with van der Waals surface area (Å²) >= 11 is 0. The SMILES string of the molecule is CN(C)CC/C=C/c1ccccc1COC1CCC(CC(=O)O)CC1.Cl. The maximum absolute atomic E-state index is 10.8. The van der Waals surface area contributed by atoms with Crippen LogP contribution in [-0.2, 0) is 16.1 Å². The molecule has 0 spiro atoms. The Hall–Kier alpha value is -1.36. The molecule has 26 heavy (non-hydrogen) atoms.